The zero-order chi connectivity index (χ0) is 48.4. The summed E-state index contributed by atoms with van der Waals surface area (Å²) in [5.74, 6) is -0.401. The van der Waals surface area contributed by atoms with E-state index < -0.39 is 140 Å². The third-order valence-corrected chi connectivity index (χ3v) is 19.5. The van der Waals surface area contributed by atoms with Crippen LogP contribution in [0.15, 0.2) is 0 Å². The quantitative estimate of drug-likeness (QED) is 0.0924. The van der Waals surface area contributed by atoms with Gasteiger partial charge in [-0.15, -0.1) is 0 Å². The fraction of sp³-hybridized carbons (Fsp3) is 1.00. The van der Waals surface area contributed by atoms with Gasteiger partial charge in [-0.05, 0) is 122 Å². The van der Waals surface area contributed by atoms with Gasteiger partial charge in [-0.3, -0.25) is 0 Å². The summed E-state index contributed by atoms with van der Waals surface area (Å²) in [7, 11) is 0. The zero-order valence-corrected chi connectivity index (χ0v) is 39.5. The molecule has 26 atom stereocenters. The van der Waals surface area contributed by atoms with E-state index in [-0.39, 0.29) is 52.9 Å². The van der Waals surface area contributed by atoms with Crippen molar-refractivity contribution in [3.05, 3.63) is 0 Å². The number of rotatable bonds is 13. The molecule has 0 amide bonds. The standard InChI is InChI=1S/C47H80O19/c1-20(8-9-27(52)43(4,5)66-41-37(60)34(57)32(55)25(17-49)64-41)29-21(50)15-45(7)26-14-23(62-40-36(59)33(56)31(54)24(16-48)63-40)38-42(2,3)28(65-39-35(58)30(53)22(51)18-61-39)10-11-47(38)19-46(26,47)13-12-44(29,45)6/h20-41,48-60H,8-19H2,1-7H3/t20-,21+,22-,23+,24-,25-,26+,27+,28+,29+,30+,31-,32-,33+,34+,35-,36-,37-,38+,39+,40-,41+,44-,45+,46+,47+/m1/s1. The summed E-state index contributed by atoms with van der Waals surface area (Å²) in [5, 5.41) is 139. The summed E-state index contributed by atoms with van der Waals surface area (Å²) in [6.07, 6.45) is -17.2. The molecule has 8 aliphatic rings. The Morgan fingerprint density at radius 3 is 1.86 bits per heavy atom. The average Bonchev–Trinajstić information content (AvgIpc) is 3.86. The van der Waals surface area contributed by atoms with Crippen LogP contribution in [0, 0.1) is 50.7 Å². The molecule has 5 saturated carbocycles. The first kappa shape index (κ1) is 51.6. The zero-order valence-electron chi connectivity index (χ0n) is 39.5. The Morgan fingerprint density at radius 2 is 1.24 bits per heavy atom. The van der Waals surface area contributed by atoms with E-state index in [1.165, 1.54) is 0 Å². The highest BCUT2D eigenvalue weighted by atomic mass is 16.7. The molecular formula is C47H80O19. The van der Waals surface area contributed by atoms with Gasteiger partial charge in [0.1, 0.15) is 67.1 Å². The third-order valence-electron chi connectivity index (χ3n) is 19.5. The van der Waals surface area contributed by atoms with E-state index in [0.717, 1.165) is 25.7 Å². The van der Waals surface area contributed by atoms with E-state index in [0.29, 0.717) is 25.7 Å². The first-order valence-corrected chi connectivity index (χ1v) is 24.4. The molecule has 19 nitrogen and oxygen atoms in total. The Morgan fingerprint density at radius 1 is 0.652 bits per heavy atom. The second kappa shape index (κ2) is 18.1. The normalized spacial score (nSPS) is 54.4. The van der Waals surface area contributed by atoms with Gasteiger partial charge in [0.05, 0.1) is 49.8 Å². The minimum absolute atomic E-state index is 0.0339. The predicted molar refractivity (Wildman–Crippen MR) is 228 cm³/mol. The van der Waals surface area contributed by atoms with Gasteiger partial charge in [0.2, 0.25) is 0 Å². The molecule has 0 aromatic heterocycles. The number of hydrogen-bond acceptors (Lipinski definition) is 19. The van der Waals surface area contributed by atoms with Crippen molar-refractivity contribution in [2.75, 3.05) is 19.8 Å². The van der Waals surface area contributed by atoms with Crippen LogP contribution in [0.4, 0.5) is 0 Å². The van der Waals surface area contributed by atoms with Crippen LogP contribution in [0.5, 0.6) is 0 Å². The second-order valence-corrected chi connectivity index (χ2v) is 23.5. The van der Waals surface area contributed by atoms with Crippen molar-refractivity contribution in [1.82, 2.24) is 0 Å². The van der Waals surface area contributed by atoms with Crippen molar-refractivity contribution in [3.8, 4) is 0 Å². The Hall–Kier alpha value is -0.760. The van der Waals surface area contributed by atoms with Crippen LogP contribution in [-0.4, -0.2) is 202 Å². The maximum atomic E-state index is 12.3. The highest BCUT2D eigenvalue weighted by Gasteiger charge is 2.85. The fourth-order valence-electron chi connectivity index (χ4n) is 15.7. The second-order valence-electron chi connectivity index (χ2n) is 23.5. The van der Waals surface area contributed by atoms with Gasteiger partial charge in [-0.25, -0.2) is 0 Å². The minimum Gasteiger partial charge on any atom is -0.394 e. The molecule has 8 rings (SSSR count). The van der Waals surface area contributed by atoms with Gasteiger partial charge < -0.3 is 94.8 Å². The van der Waals surface area contributed by atoms with Gasteiger partial charge in [0.25, 0.3) is 0 Å². The van der Waals surface area contributed by atoms with Crippen LogP contribution in [0.3, 0.4) is 0 Å². The number of ether oxygens (including phenoxy) is 6. The van der Waals surface area contributed by atoms with Gasteiger partial charge in [-0.2, -0.15) is 0 Å². The van der Waals surface area contributed by atoms with Crippen molar-refractivity contribution in [2.45, 2.75) is 222 Å². The number of hydrogen-bond donors (Lipinski definition) is 13. The molecule has 3 saturated heterocycles. The molecule has 5 aliphatic carbocycles. The van der Waals surface area contributed by atoms with Gasteiger partial charge in [-0.1, -0.05) is 34.6 Å². The molecule has 3 aliphatic heterocycles. The van der Waals surface area contributed by atoms with E-state index in [2.05, 4.69) is 34.6 Å². The first-order valence-electron chi connectivity index (χ1n) is 24.4. The smallest absolute Gasteiger partial charge is 0.187 e. The summed E-state index contributed by atoms with van der Waals surface area (Å²) >= 11 is 0. The van der Waals surface area contributed by atoms with Crippen LogP contribution in [0.1, 0.15) is 106 Å². The molecule has 2 spiro atoms. The number of aliphatic hydroxyl groups is 13. The topological polar surface area (TPSA) is 318 Å². The molecule has 382 valence electrons. The summed E-state index contributed by atoms with van der Waals surface area (Å²) in [6, 6.07) is 0. The van der Waals surface area contributed by atoms with Crippen LogP contribution < -0.4 is 0 Å². The minimum atomic E-state index is -1.65. The van der Waals surface area contributed by atoms with E-state index in [4.69, 9.17) is 28.4 Å². The molecule has 19 heteroatoms. The molecule has 0 aromatic carbocycles. The van der Waals surface area contributed by atoms with Crippen LogP contribution in [-0.2, 0) is 28.4 Å². The van der Waals surface area contributed by atoms with E-state index >= 15 is 0 Å². The predicted octanol–water partition coefficient (Wildman–Crippen LogP) is -1.61. The van der Waals surface area contributed by atoms with E-state index in [1.54, 1.807) is 13.8 Å². The Bertz CT molecular complexity index is 1700. The van der Waals surface area contributed by atoms with Crippen LogP contribution in [0.25, 0.3) is 0 Å². The summed E-state index contributed by atoms with van der Waals surface area (Å²) in [4.78, 5) is 0. The maximum Gasteiger partial charge on any atom is 0.187 e. The highest BCUT2D eigenvalue weighted by molar-refractivity contribution is 5.33. The summed E-state index contributed by atoms with van der Waals surface area (Å²) in [5.41, 5.74) is -3.12. The van der Waals surface area contributed by atoms with E-state index in [1.807, 2.05) is 0 Å². The lowest BCUT2D eigenvalue weighted by atomic mass is 9.41. The van der Waals surface area contributed by atoms with Gasteiger partial charge >= 0.3 is 0 Å². The number of fused-ring (bicyclic) bond motifs is 2. The lowest BCUT2D eigenvalue weighted by molar-refractivity contribution is -0.338. The van der Waals surface area contributed by atoms with Crippen LogP contribution >= 0.6 is 0 Å². The average molecular weight is 949 g/mol. The Labute approximate surface area is 386 Å². The molecule has 0 unspecified atom stereocenters. The van der Waals surface area contributed by atoms with Gasteiger partial charge in [0, 0.05) is 0 Å². The lowest BCUT2D eigenvalue weighted by Gasteiger charge is -2.65. The van der Waals surface area contributed by atoms with Crippen molar-refractivity contribution in [3.63, 3.8) is 0 Å². The molecule has 0 bridgehead atoms. The van der Waals surface area contributed by atoms with Crippen molar-refractivity contribution in [1.29, 1.82) is 0 Å². The summed E-state index contributed by atoms with van der Waals surface area (Å²) in [6.45, 7) is 12.7. The molecule has 0 aromatic rings. The first-order chi connectivity index (χ1) is 30.8. The number of aliphatic hydroxyl groups excluding tert-OH is 13. The molecule has 13 N–H and O–H groups in total. The SMILES string of the molecule is C[C@H](CC[C@H](O)C(C)(C)O[C@@H]1O[C@H](CO)[C@@H](O)[C@H](O)[C@H]1O)[C@H]1[C@@H](O)C[C@@]2(C)[C@@H]3C[C@H](O[C@@H]4O[C@H](CO)[C@@H](O)[C@H](O)[C@H]4O)[C@H]4C(C)(C)[C@@H](O[C@@H]5OC[C@@H](O)[C@H](O)[C@H]5O)CC[C@]45C[C@@]35CC[C@]12C. The molecule has 66 heavy (non-hydrogen) atoms. The van der Waals surface area contributed by atoms with Crippen molar-refractivity contribution in [2.24, 2.45) is 50.7 Å². The third kappa shape index (κ3) is 7.89. The van der Waals surface area contributed by atoms with Crippen molar-refractivity contribution < 1.29 is 94.8 Å². The van der Waals surface area contributed by atoms with Gasteiger partial charge in [0.15, 0.2) is 18.9 Å². The molecule has 8 fully saturated rings. The maximum absolute atomic E-state index is 12.3. The Balaban J connectivity index is 1.04. The molecule has 0 radical (unpaired) electrons. The lowest BCUT2D eigenvalue weighted by Crippen LogP contribution is -2.65. The van der Waals surface area contributed by atoms with Crippen molar-refractivity contribution >= 4 is 0 Å². The van der Waals surface area contributed by atoms with Crippen LogP contribution in [0.2, 0.25) is 0 Å². The monoisotopic (exact) mass is 949 g/mol. The fourth-order valence-corrected chi connectivity index (χ4v) is 15.7. The Kier molecular flexibility index (Phi) is 14.1. The molecular weight excluding hydrogens is 868 g/mol. The largest absolute Gasteiger partial charge is 0.394 e. The molecule has 3 heterocycles. The van der Waals surface area contributed by atoms with E-state index in [9.17, 15) is 66.4 Å². The summed E-state index contributed by atoms with van der Waals surface area (Å²) < 4.78 is 36.7. The highest BCUT2D eigenvalue weighted by Crippen LogP contribution is 2.89.